The molecule has 7 heteroatoms. The Morgan fingerprint density at radius 2 is 2.05 bits per heavy atom. The smallest absolute Gasteiger partial charge is 0.310 e. The second kappa shape index (κ2) is 5.12. The lowest BCUT2D eigenvalue weighted by Crippen LogP contribution is -2.14. The Kier molecular flexibility index (Phi) is 3.51. The molecule has 0 unspecified atom stereocenters. The van der Waals surface area contributed by atoms with Crippen molar-refractivity contribution in [1.82, 2.24) is 9.97 Å². The third-order valence-electron chi connectivity index (χ3n) is 2.88. The molecule has 1 aromatic carbocycles. The van der Waals surface area contributed by atoms with Crippen molar-refractivity contribution in [2.45, 2.75) is 13.8 Å². The first-order valence-corrected chi connectivity index (χ1v) is 5.84. The van der Waals surface area contributed by atoms with E-state index in [1.54, 1.807) is 13.8 Å². The van der Waals surface area contributed by atoms with Crippen molar-refractivity contribution in [3.05, 3.63) is 50.2 Å². The molecule has 0 radical (unpaired) electrons. The summed E-state index contributed by atoms with van der Waals surface area (Å²) in [6, 6.07) is 4.29. The monoisotopic (exact) mass is 275 g/mol. The molecule has 1 heterocycles. The second-order valence-electron chi connectivity index (χ2n) is 4.26. The van der Waals surface area contributed by atoms with Gasteiger partial charge in [-0.2, -0.15) is 0 Å². The number of rotatable bonds is 3. The van der Waals surface area contributed by atoms with E-state index in [9.17, 15) is 14.9 Å². The summed E-state index contributed by atoms with van der Waals surface area (Å²) in [6.45, 7) is 3.40. The van der Waals surface area contributed by atoms with Crippen molar-refractivity contribution in [1.29, 1.82) is 0 Å². The van der Waals surface area contributed by atoms with Gasteiger partial charge in [0.15, 0.2) is 5.75 Å². The number of aryl methyl sites for hydroxylation is 2. The van der Waals surface area contributed by atoms with Gasteiger partial charge in [0.2, 0.25) is 0 Å². The minimum atomic E-state index is -0.535. The number of hydrogen-bond acceptors (Lipinski definition) is 5. The molecule has 104 valence electrons. The van der Waals surface area contributed by atoms with Crippen LogP contribution in [0.2, 0.25) is 0 Å². The Bertz CT molecular complexity index is 737. The number of hydrogen-bond donors (Lipinski definition) is 1. The van der Waals surface area contributed by atoms with Crippen molar-refractivity contribution in [2.24, 2.45) is 0 Å². The Hall–Kier alpha value is -2.70. The van der Waals surface area contributed by atoms with E-state index in [0.29, 0.717) is 22.6 Å². The first-order valence-electron chi connectivity index (χ1n) is 5.84. The average Bonchev–Trinajstić information content (AvgIpc) is 2.37. The van der Waals surface area contributed by atoms with Gasteiger partial charge < -0.3 is 9.72 Å². The molecular formula is C13H13N3O4. The van der Waals surface area contributed by atoms with Crippen LogP contribution in [0.25, 0.3) is 11.1 Å². The zero-order valence-corrected chi connectivity index (χ0v) is 11.3. The summed E-state index contributed by atoms with van der Waals surface area (Å²) in [5.41, 5.74) is 1.03. The van der Waals surface area contributed by atoms with Gasteiger partial charge in [0.1, 0.15) is 5.82 Å². The SMILES string of the molecule is COc1cc(-c2c(C)nc(C)[nH]c2=O)ccc1[N+](=O)[O-]. The van der Waals surface area contributed by atoms with Crippen LogP contribution in [0, 0.1) is 24.0 Å². The van der Waals surface area contributed by atoms with Gasteiger partial charge >= 0.3 is 5.69 Å². The molecule has 7 nitrogen and oxygen atoms in total. The summed E-state index contributed by atoms with van der Waals surface area (Å²) in [7, 11) is 1.34. The van der Waals surface area contributed by atoms with Crippen LogP contribution in [0.5, 0.6) is 5.75 Å². The highest BCUT2D eigenvalue weighted by Crippen LogP contribution is 2.31. The lowest BCUT2D eigenvalue weighted by atomic mass is 10.0. The number of benzene rings is 1. The quantitative estimate of drug-likeness (QED) is 0.682. The lowest BCUT2D eigenvalue weighted by Gasteiger charge is -2.07. The molecule has 0 aliphatic heterocycles. The number of ether oxygens (including phenoxy) is 1. The van der Waals surface area contributed by atoms with Gasteiger partial charge in [-0.25, -0.2) is 4.98 Å². The molecule has 0 saturated heterocycles. The van der Waals surface area contributed by atoms with Gasteiger partial charge in [0.25, 0.3) is 5.56 Å². The fourth-order valence-electron chi connectivity index (χ4n) is 2.05. The number of nitro benzene ring substituents is 1. The van der Waals surface area contributed by atoms with Crippen LogP contribution in [0.3, 0.4) is 0 Å². The number of methoxy groups -OCH3 is 1. The maximum atomic E-state index is 12.0. The van der Waals surface area contributed by atoms with Crippen LogP contribution >= 0.6 is 0 Å². The molecule has 2 aromatic rings. The van der Waals surface area contributed by atoms with Crippen molar-refractivity contribution in [3.63, 3.8) is 0 Å². The van der Waals surface area contributed by atoms with Crippen LogP contribution in [-0.4, -0.2) is 22.0 Å². The Morgan fingerprint density at radius 1 is 1.35 bits per heavy atom. The first kappa shape index (κ1) is 13.7. The summed E-state index contributed by atoms with van der Waals surface area (Å²) < 4.78 is 5.00. The predicted octanol–water partition coefficient (Wildman–Crippen LogP) is 1.97. The minimum Gasteiger partial charge on any atom is -0.490 e. The number of aromatic amines is 1. The van der Waals surface area contributed by atoms with Gasteiger partial charge in [0.05, 0.1) is 23.3 Å². The highest BCUT2D eigenvalue weighted by atomic mass is 16.6. The average molecular weight is 275 g/mol. The maximum Gasteiger partial charge on any atom is 0.310 e. The van der Waals surface area contributed by atoms with E-state index in [4.69, 9.17) is 4.74 Å². The normalized spacial score (nSPS) is 10.3. The van der Waals surface area contributed by atoms with Crippen LogP contribution in [0.4, 0.5) is 5.69 Å². The second-order valence-corrected chi connectivity index (χ2v) is 4.26. The molecule has 2 rings (SSSR count). The van der Waals surface area contributed by atoms with E-state index in [1.165, 1.54) is 25.3 Å². The van der Waals surface area contributed by atoms with E-state index in [2.05, 4.69) is 9.97 Å². The molecule has 1 N–H and O–H groups in total. The van der Waals surface area contributed by atoms with E-state index in [1.807, 2.05) is 0 Å². The highest BCUT2D eigenvalue weighted by Gasteiger charge is 2.17. The number of H-pyrrole nitrogens is 1. The minimum absolute atomic E-state index is 0.104. The molecule has 0 spiro atoms. The maximum absolute atomic E-state index is 12.0. The lowest BCUT2D eigenvalue weighted by molar-refractivity contribution is -0.385. The van der Waals surface area contributed by atoms with Crippen LogP contribution in [0.15, 0.2) is 23.0 Å². The zero-order chi connectivity index (χ0) is 14.9. The van der Waals surface area contributed by atoms with Crippen molar-refractivity contribution >= 4 is 5.69 Å². The van der Waals surface area contributed by atoms with Gasteiger partial charge in [-0.05, 0) is 31.5 Å². The Morgan fingerprint density at radius 3 is 2.60 bits per heavy atom. The molecule has 0 aliphatic carbocycles. The summed E-state index contributed by atoms with van der Waals surface area (Å²) in [5, 5.41) is 10.9. The van der Waals surface area contributed by atoms with Crippen molar-refractivity contribution in [3.8, 4) is 16.9 Å². The fourth-order valence-corrected chi connectivity index (χ4v) is 2.05. The van der Waals surface area contributed by atoms with E-state index in [-0.39, 0.29) is 17.0 Å². The zero-order valence-electron chi connectivity index (χ0n) is 11.3. The summed E-state index contributed by atoms with van der Waals surface area (Å²) in [5.74, 6) is 0.622. The van der Waals surface area contributed by atoms with Crippen LogP contribution < -0.4 is 10.3 Å². The Balaban J connectivity index is 2.66. The van der Waals surface area contributed by atoms with Crippen molar-refractivity contribution < 1.29 is 9.66 Å². The number of nitro groups is 1. The van der Waals surface area contributed by atoms with Crippen molar-refractivity contribution in [2.75, 3.05) is 7.11 Å². The molecule has 0 atom stereocenters. The van der Waals surface area contributed by atoms with Crippen LogP contribution in [-0.2, 0) is 0 Å². The summed E-state index contributed by atoms with van der Waals surface area (Å²) >= 11 is 0. The van der Waals surface area contributed by atoms with Crippen LogP contribution in [0.1, 0.15) is 11.5 Å². The number of nitrogens with zero attached hydrogens (tertiary/aromatic N) is 2. The summed E-state index contributed by atoms with van der Waals surface area (Å²) in [6.07, 6.45) is 0. The van der Waals surface area contributed by atoms with E-state index < -0.39 is 4.92 Å². The summed E-state index contributed by atoms with van der Waals surface area (Å²) in [4.78, 5) is 29.1. The number of aromatic nitrogens is 2. The molecule has 0 fully saturated rings. The van der Waals surface area contributed by atoms with E-state index in [0.717, 1.165) is 0 Å². The molecule has 0 aliphatic rings. The van der Waals surface area contributed by atoms with Gasteiger partial charge in [-0.15, -0.1) is 0 Å². The molecule has 0 amide bonds. The number of nitrogens with one attached hydrogen (secondary N) is 1. The van der Waals surface area contributed by atoms with Gasteiger partial charge in [0, 0.05) is 6.07 Å². The Labute approximate surface area is 114 Å². The largest absolute Gasteiger partial charge is 0.490 e. The molecular weight excluding hydrogens is 262 g/mol. The fraction of sp³-hybridized carbons (Fsp3) is 0.231. The third kappa shape index (κ3) is 2.37. The molecule has 0 bridgehead atoms. The third-order valence-corrected chi connectivity index (χ3v) is 2.88. The molecule has 0 saturated carbocycles. The predicted molar refractivity (Wildman–Crippen MR) is 73.0 cm³/mol. The molecule has 1 aromatic heterocycles. The molecule has 20 heavy (non-hydrogen) atoms. The first-order chi connectivity index (χ1) is 9.43. The topological polar surface area (TPSA) is 98.1 Å². The van der Waals surface area contributed by atoms with Gasteiger partial charge in [-0.3, -0.25) is 14.9 Å². The highest BCUT2D eigenvalue weighted by molar-refractivity contribution is 5.69. The van der Waals surface area contributed by atoms with Gasteiger partial charge in [-0.1, -0.05) is 0 Å². The van der Waals surface area contributed by atoms with E-state index >= 15 is 0 Å². The standard InChI is InChI=1S/C13H13N3O4/c1-7-12(13(17)15-8(2)14-7)9-4-5-10(16(18)19)11(6-9)20-3/h4-6H,1-3H3,(H,14,15,17).